The number of nitrogens with one attached hydrogen (secondary N) is 1. The minimum Gasteiger partial charge on any atom is -0.497 e. The first-order valence-electron chi connectivity index (χ1n) is 11.0. The highest BCUT2D eigenvalue weighted by Crippen LogP contribution is 2.35. The number of anilines is 1. The molecule has 1 heterocycles. The lowest BCUT2D eigenvalue weighted by Gasteiger charge is -2.23. The molecule has 0 radical (unpaired) electrons. The summed E-state index contributed by atoms with van der Waals surface area (Å²) in [5.41, 5.74) is 1.51. The molecule has 0 saturated heterocycles. The van der Waals surface area contributed by atoms with Crippen LogP contribution in [0.3, 0.4) is 0 Å². The fraction of sp³-hybridized carbons (Fsp3) is 0.458. The topological polar surface area (TPSA) is 103 Å². The Morgan fingerprint density at radius 3 is 2.44 bits per heavy atom. The van der Waals surface area contributed by atoms with Gasteiger partial charge in [0.25, 0.3) is 0 Å². The van der Waals surface area contributed by atoms with Gasteiger partial charge in [-0.25, -0.2) is 9.59 Å². The Bertz CT molecular complexity index is 1060. The van der Waals surface area contributed by atoms with Gasteiger partial charge < -0.3 is 24.3 Å². The summed E-state index contributed by atoms with van der Waals surface area (Å²) in [6.07, 6.45) is 2.00. The van der Waals surface area contributed by atoms with Crippen molar-refractivity contribution in [3.05, 3.63) is 39.8 Å². The number of carbonyl (C=O) groups excluding carboxylic acids is 3. The van der Waals surface area contributed by atoms with Crippen molar-refractivity contribution >= 4 is 34.2 Å². The largest absolute Gasteiger partial charge is 0.497 e. The van der Waals surface area contributed by atoms with E-state index in [1.165, 1.54) is 7.11 Å². The summed E-state index contributed by atoms with van der Waals surface area (Å²) in [6.45, 7) is 4.11. The van der Waals surface area contributed by atoms with Crippen LogP contribution in [0.4, 0.5) is 5.00 Å². The first-order chi connectivity index (χ1) is 16.3. The first kappa shape index (κ1) is 25.5. The van der Waals surface area contributed by atoms with Gasteiger partial charge in [-0.15, -0.1) is 11.3 Å². The van der Waals surface area contributed by atoms with E-state index < -0.39 is 11.9 Å². The Hall–Kier alpha value is -3.11. The molecule has 1 N–H and O–H groups in total. The molecule has 184 valence electrons. The number of nitrogens with zero attached hydrogens (tertiary/aromatic N) is 1. The molecule has 0 spiro atoms. The third kappa shape index (κ3) is 5.87. The van der Waals surface area contributed by atoms with Crippen molar-refractivity contribution in [2.24, 2.45) is 0 Å². The maximum Gasteiger partial charge on any atom is 0.348 e. The van der Waals surface area contributed by atoms with Gasteiger partial charge in [0.1, 0.15) is 21.4 Å². The van der Waals surface area contributed by atoms with E-state index in [1.54, 1.807) is 28.1 Å². The highest BCUT2D eigenvalue weighted by atomic mass is 32.1. The van der Waals surface area contributed by atoms with E-state index >= 15 is 0 Å². The normalized spacial score (nSPS) is 12.9. The maximum atomic E-state index is 13.0. The molecule has 0 bridgehead atoms. The summed E-state index contributed by atoms with van der Waals surface area (Å²) in [6, 6.07) is 5.84. The quantitative estimate of drug-likeness (QED) is 0.476. The molecule has 10 heteroatoms. The SMILES string of the molecule is CCOC(=O)c1c(NC(=O)CN(Cc2cc(OC)ccc2OC)C2CC2)sc(C(=O)OC)c1C. The molecule has 34 heavy (non-hydrogen) atoms. The van der Waals surface area contributed by atoms with Crippen molar-refractivity contribution in [1.29, 1.82) is 0 Å². The number of benzene rings is 1. The molecule has 1 aromatic carbocycles. The van der Waals surface area contributed by atoms with Gasteiger partial charge in [-0.3, -0.25) is 9.69 Å². The number of methoxy groups -OCH3 is 3. The van der Waals surface area contributed by atoms with E-state index in [4.69, 9.17) is 18.9 Å². The smallest absolute Gasteiger partial charge is 0.348 e. The van der Waals surface area contributed by atoms with Gasteiger partial charge in [-0.2, -0.15) is 0 Å². The van der Waals surface area contributed by atoms with Gasteiger partial charge in [-0.05, 0) is 50.5 Å². The Labute approximate surface area is 202 Å². The molecule has 0 atom stereocenters. The van der Waals surface area contributed by atoms with E-state index in [9.17, 15) is 14.4 Å². The summed E-state index contributed by atoms with van der Waals surface area (Å²) in [7, 11) is 4.48. The number of amides is 1. The molecule has 9 nitrogen and oxygen atoms in total. The summed E-state index contributed by atoms with van der Waals surface area (Å²) >= 11 is 1.01. The van der Waals surface area contributed by atoms with Crippen LogP contribution in [0.25, 0.3) is 0 Å². The van der Waals surface area contributed by atoms with E-state index in [2.05, 4.69) is 10.2 Å². The third-order valence-electron chi connectivity index (χ3n) is 5.52. The van der Waals surface area contributed by atoms with E-state index in [1.807, 2.05) is 18.2 Å². The van der Waals surface area contributed by atoms with Gasteiger partial charge in [0, 0.05) is 18.2 Å². The minimum absolute atomic E-state index is 0.109. The van der Waals surface area contributed by atoms with E-state index in [0.717, 1.165) is 29.7 Å². The average molecular weight is 491 g/mol. The first-order valence-corrected chi connectivity index (χ1v) is 11.8. The monoisotopic (exact) mass is 490 g/mol. The summed E-state index contributed by atoms with van der Waals surface area (Å²) in [5.74, 6) is -0.0374. The fourth-order valence-corrected chi connectivity index (χ4v) is 4.80. The summed E-state index contributed by atoms with van der Waals surface area (Å²) in [5, 5.41) is 3.09. The van der Waals surface area contributed by atoms with E-state index in [0.29, 0.717) is 23.6 Å². The second kappa shape index (κ2) is 11.3. The van der Waals surface area contributed by atoms with Gasteiger partial charge in [-0.1, -0.05) is 0 Å². The summed E-state index contributed by atoms with van der Waals surface area (Å²) in [4.78, 5) is 40.1. The van der Waals surface area contributed by atoms with Crippen molar-refractivity contribution in [3.63, 3.8) is 0 Å². The van der Waals surface area contributed by atoms with Crippen molar-refractivity contribution in [1.82, 2.24) is 4.90 Å². The lowest BCUT2D eigenvalue weighted by molar-refractivity contribution is -0.117. The predicted molar refractivity (Wildman–Crippen MR) is 128 cm³/mol. The van der Waals surface area contributed by atoms with Gasteiger partial charge >= 0.3 is 11.9 Å². The molecule has 1 saturated carbocycles. The fourth-order valence-electron chi connectivity index (χ4n) is 3.67. The number of ether oxygens (including phenoxy) is 4. The predicted octanol–water partition coefficient (Wildman–Crippen LogP) is 3.64. The van der Waals surface area contributed by atoms with Crippen LogP contribution >= 0.6 is 11.3 Å². The molecule has 1 fully saturated rings. The third-order valence-corrected chi connectivity index (χ3v) is 6.71. The standard InChI is InChI=1S/C24H30N2O7S/c1-6-33-23(28)20-14(2)21(24(29)32-5)34-22(20)25-19(27)13-26(16-7-8-16)12-15-11-17(30-3)9-10-18(15)31-4/h9-11,16H,6-8,12-13H2,1-5H3,(H,25,27). The van der Waals surface area contributed by atoms with Crippen molar-refractivity contribution in [2.75, 3.05) is 39.8 Å². The zero-order valence-electron chi connectivity index (χ0n) is 20.1. The Kier molecular flexibility index (Phi) is 8.51. The highest BCUT2D eigenvalue weighted by Gasteiger charge is 2.32. The zero-order valence-corrected chi connectivity index (χ0v) is 20.9. The molecular weight excluding hydrogens is 460 g/mol. The highest BCUT2D eigenvalue weighted by molar-refractivity contribution is 7.18. The van der Waals surface area contributed by atoms with Crippen LogP contribution in [-0.2, 0) is 20.8 Å². The van der Waals surface area contributed by atoms with E-state index in [-0.39, 0.29) is 40.5 Å². The number of thiophene rings is 1. The van der Waals surface area contributed by atoms with Crippen LogP contribution in [0.1, 0.15) is 50.9 Å². The van der Waals surface area contributed by atoms with Crippen molar-refractivity contribution in [3.8, 4) is 11.5 Å². The Morgan fingerprint density at radius 2 is 1.85 bits per heavy atom. The van der Waals surface area contributed by atoms with Crippen LogP contribution in [0, 0.1) is 6.92 Å². The average Bonchev–Trinajstić information content (AvgIpc) is 3.62. The molecule has 2 aromatic rings. The zero-order chi connectivity index (χ0) is 24.8. The number of carbonyl (C=O) groups is 3. The van der Waals surface area contributed by atoms with Gasteiger partial charge in [0.05, 0.1) is 40.0 Å². The van der Waals surface area contributed by atoms with Gasteiger partial charge in [0.2, 0.25) is 5.91 Å². The van der Waals surface area contributed by atoms with Crippen molar-refractivity contribution < 1.29 is 33.3 Å². The van der Waals surface area contributed by atoms with Crippen LogP contribution in [-0.4, -0.2) is 63.3 Å². The van der Waals surface area contributed by atoms with Crippen molar-refractivity contribution in [2.45, 2.75) is 39.3 Å². The van der Waals surface area contributed by atoms with Crippen LogP contribution in [0.15, 0.2) is 18.2 Å². The minimum atomic E-state index is -0.595. The van der Waals surface area contributed by atoms with Crippen LogP contribution in [0.2, 0.25) is 0 Å². The van der Waals surface area contributed by atoms with Crippen LogP contribution in [0.5, 0.6) is 11.5 Å². The summed E-state index contributed by atoms with van der Waals surface area (Å²) < 4.78 is 20.8. The Morgan fingerprint density at radius 1 is 1.12 bits per heavy atom. The van der Waals surface area contributed by atoms with Crippen LogP contribution < -0.4 is 14.8 Å². The molecule has 1 aromatic heterocycles. The lowest BCUT2D eigenvalue weighted by atomic mass is 10.1. The number of esters is 2. The molecule has 3 rings (SSSR count). The second-order valence-electron chi connectivity index (χ2n) is 7.83. The maximum absolute atomic E-state index is 13.0. The molecule has 1 aliphatic rings. The number of hydrogen-bond acceptors (Lipinski definition) is 9. The molecule has 0 unspecified atom stereocenters. The molecule has 0 aliphatic heterocycles. The van der Waals surface area contributed by atoms with Gasteiger partial charge in [0.15, 0.2) is 0 Å². The Balaban J connectivity index is 1.81. The number of rotatable bonds is 11. The number of hydrogen-bond donors (Lipinski definition) is 1. The molecule has 1 aliphatic carbocycles. The molecule has 1 amide bonds. The lowest BCUT2D eigenvalue weighted by Crippen LogP contribution is -2.34. The molecular formula is C24H30N2O7S. The second-order valence-corrected chi connectivity index (χ2v) is 8.86.